The highest BCUT2D eigenvalue weighted by Crippen LogP contribution is 2.60. The Balaban J connectivity index is 1.40. The van der Waals surface area contributed by atoms with Crippen molar-refractivity contribution in [3.05, 3.63) is 28.8 Å². The van der Waals surface area contributed by atoms with Crippen LogP contribution >= 0.6 is 0 Å². The molecule has 5 aliphatic rings. The van der Waals surface area contributed by atoms with Crippen LogP contribution in [0.5, 0.6) is 0 Å². The predicted octanol–water partition coefficient (Wildman–Crippen LogP) is 4.10. The Morgan fingerprint density at radius 2 is 1.75 bits per heavy atom. The van der Waals surface area contributed by atoms with E-state index in [2.05, 4.69) is 43.1 Å². The standard InChI is InChI=1S/C24H34N2O2/c1-15-7-16(2)21(17(3)8-15)25-22(27)20-5-4-6-26(20)23-10-18-9-19(11-23)13-24(28,12-18)14-23/h7-8,18-20,28H,4-6,9-14H2,1-3H3,(H,25,27)/t18-,19-,20-,23?,24?/m1/s1. The molecule has 1 aliphatic heterocycles. The first-order valence-corrected chi connectivity index (χ1v) is 11.1. The number of amides is 1. The Labute approximate surface area is 168 Å². The summed E-state index contributed by atoms with van der Waals surface area (Å²) in [5.74, 6) is 1.45. The molecule has 4 nitrogen and oxygen atoms in total. The maximum absolute atomic E-state index is 13.4. The summed E-state index contributed by atoms with van der Waals surface area (Å²) in [4.78, 5) is 15.9. The van der Waals surface area contributed by atoms with Gasteiger partial charge >= 0.3 is 0 Å². The van der Waals surface area contributed by atoms with Crippen molar-refractivity contribution >= 4 is 11.6 Å². The number of nitrogens with one attached hydrogen (secondary N) is 1. The molecule has 0 aromatic heterocycles. The smallest absolute Gasteiger partial charge is 0.241 e. The maximum Gasteiger partial charge on any atom is 0.241 e. The number of aliphatic hydroxyl groups is 1. The van der Waals surface area contributed by atoms with Gasteiger partial charge in [0.25, 0.3) is 0 Å². The van der Waals surface area contributed by atoms with Crippen molar-refractivity contribution in [1.29, 1.82) is 0 Å². The lowest BCUT2D eigenvalue weighted by Crippen LogP contribution is -2.67. The zero-order valence-electron chi connectivity index (χ0n) is 17.6. The fourth-order valence-corrected chi connectivity index (χ4v) is 7.69. The van der Waals surface area contributed by atoms with Gasteiger partial charge in [-0.2, -0.15) is 0 Å². The van der Waals surface area contributed by atoms with Crippen LogP contribution in [0.3, 0.4) is 0 Å². The number of rotatable bonds is 3. The summed E-state index contributed by atoms with van der Waals surface area (Å²) in [5.41, 5.74) is 4.06. The normalized spacial score (nSPS) is 39.5. The van der Waals surface area contributed by atoms with Gasteiger partial charge in [0.05, 0.1) is 11.6 Å². The van der Waals surface area contributed by atoms with E-state index >= 15 is 0 Å². The van der Waals surface area contributed by atoms with Crippen LogP contribution in [0.1, 0.15) is 68.1 Å². The van der Waals surface area contributed by atoms with Crippen molar-refractivity contribution in [2.75, 3.05) is 11.9 Å². The highest BCUT2D eigenvalue weighted by atomic mass is 16.3. The van der Waals surface area contributed by atoms with Crippen LogP contribution < -0.4 is 5.32 Å². The average Bonchev–Trinajstić information content (AvgIpc) is 3.06. The Kier molecular flexibility index (Phi) is 4.19. The second kappa shape index (κ2) is 6.30. The van der Waals surface area contributed by atoms with Gasteiger partial charge in [0.2, 0.25) is 5.91 Å². The highest BCUT2D eigenvalue weighted by molar-refractivity contribution is 5.96. The fraction of sp³-hybridized carbons (Fsp3) is 0.708. The summed E-state index contributed by atoms with van der Waals surface area (Å²) in [6.45, 7) is 7.26. The van der Waals surface area contributed by atoms with E-state index < -0.39 is 5.60 Å². The van der Waals surface area contributed by atoms with E-state index in [0.29, 0.717) is 11.8 Å². The maximum atomic E-state index is 13.4. The molecular formula is C24H34N2O2. The largest absolute Gasteiger partial charge is 0.390 e. The molecule has 4 saturated carbocycles. The first kappa shape index (κ1) is 18.6. The molecule has 1 aromatic rings. The zero-order valence-corrected chi connectivity index (χ0v) is 17.6. The van der Waals surface area contributed by atoms with Crippen molar-refractivity contribution in [2.45, 2.75) is 89.3 Å². The van der Waals surface area contributed by atoms with Crippen molar-refractivity contribution < 1.29 is 9.90 Å². The van der Waals surface area contributed by atoms with Crippen molar-refractivity contribution in [3.63, 3.8) is 0 Å². The molecule has 0 spiro atoms. The van der Waals surface area contributed by atoms with E-state index in [4.69, 9.17) is 0 Å². The second-order valence-corrected chi connectivity index (χ2v) is 10.5. The van der Waals surface area contributed by atoms with Gasteiger partial charge in [-0.15, -0.1) is 0 Å². The zero-order chi connectivity index (χ0) is 19.7. The van der Waals surface area contributed by atoms with Gasteiger partial charge in [-0.1, -0.05) is 17.7 Å². The van der Waals surface area contributed by atoms with E-state index in [1.807, 2.05) is 0 Å². The second-order valence-electron chi connectivity index (χ2n) is 10.5. The third-order valence-electron chi connectivity index (χ3n) is 8.09. The number of anilines is 1. The van der Waals surface area contributed by atoms with Crippen LogP contribution in [0.15, 0.2) is 12.1 Å². The van der Waals surface area contributed by atoms with Gasteiger partial charge in [-0.05, 0) is 102 Å². The van der Waals surface area contributed by atoms with E-state index in [1.54, 1.807) is 0 Å². The van der Waals surface area contributed by atoms with Crippen molar-refractivity contribution in [1.82, 2.24) is 4.90 Å². The predicted molar refractivity (Wildman–Crippen MR) is 111 cm³/mol. The molecule has 4 bridgehead atoms. The summed E-state index contributed by atoms with van der Waals surface area (Å²) < 4.78 is 0. The van der Waals surface area contributed by atoms with Crippen LogP contribution in [0, 0.1) is 32.6 Å². The quantitative estimate of drug-likeness (QED) is 0.828. The van der Waals surface area contributed by atoms with Crippen molar-refractivity contribution in [2.24, 2.45) is 11.8 Å². The lowest BCUT2D eigenvalue weighted by molar-refractivity contribution is -0.179. The van der Waals surface area contributed by atoms with E-state index in [0.717, 1.165) is 55.5 Å². The summed E-state index contributed by atoms with van der Waals surface area (Å²) in [5, 5.41) is 14.4. The molecule has 3 atom stereocenters. The van der Waals surface area contributed by atoms with Crippen LogP contribution in [0.25, 0.3) is 0 Å². The van der Waals surface area contributed by atoms with Crippen molar-refractivity contribution in [3.8, 4) is 0 Å². The third-order valence-corrected chi connectivity index (χ3v) is 8.09. The lowest BCUT2D eigenvalue weighted by Gasteiger charge is -2.63. The number of hydrogen-bond acceptors (Lipinski definition) is 3. The highest BCUT2D eigenvalue weighted by Gasteiger charge is 2.60. The Hall–Kier alpha value is -1.39. The Morgan fingerprint density at radius 3 is 2.36 bits per heavy atom. The molecule has 0 unspecified atom stereocenters. The molecule has 6 rings (SSSR count). The molecule has 5 fully saturated rings. The van der Waals surface area contributed by atoms with Gasteiger partial charge in [0, 0.05) is 11.2 Å². The molecule has 1 saturated heterocycles. The minimum atomic E-state index is -0.474. The fourth-order valence-electron chi connectivity index (χ4n) is 7.69. The van der Waals surface area contributed by atoms with E-state index in [1.165, 1.54) is 24.8 Å². The number of likely N-dealkylation sites (tertiary alicyclic amines) is 1. The van der Waals surface area contributed by atoms with Crippen LogP contribution in [0.2, 0.25) is 0 Å². The molecule has 1 heterocycles. The molecule has 1 aromatic carbocycles. The third kappa shape index (κ3) is 2.91. The number of nitrogens with zero attached hydrogens (tertiary/aromatic N) is 1. The minimum Gasteiger partial charge on any atom is -0.390 e. The summed E-state index contributed by atoms with van der Waals surface area (Å²) in [6, 6.07) is 4.23. The first-order chi connectivity index (χ1) is 13.3. The van der Waals surface area contributed by atoms with E-state index in [9.17, 15) is 9.90 Å². The van der Waals surface area contributed by atoms with Crippen LogP contribution in [-0.2, 0) is 4.79 Å². The molecule has 0 radical (unpaired) electrons. The molecular weight excluding hydrogens is 348 g/mol. The summed E-state index contributed by atoms with van der Waals surface area (Å²) in [6.07, 6.45) is 8.51. The molecule has 4 heteroatoms. The van der Waals surface area contributed by atoms with Gasteiger partial charge in [-0.3, -0.25) is 9.69 Å². The van der Waals surface area contributed by atoms with Crippen LogP contribution in [-0.4, -0.2) is 39.6 Å². The van der Waals surface area contributed by atoms with Gasteiger partial charge in [0.15, 0.2) is 0 Å². The van der Waals surface area contributed by atoms with E-state index in [-0.39, 0.29) is 17.5 Å². The number of aryl methyl sites for hydroxylation is 3. The summed E-state index contributed by atoms with van der Waals surface area (Å²) >= 11 is 0. The topological polar surface area (TPSA) is 52.6 Å². The number of benzene rings is 1. The Bertz CT molecular complexity index is 780. The monoisotopic (exact) mass is 382 g/mol. The summed E-state index contributed by atoms with van der Waals surface area (Å²) in [7, 11) is 0. The Morgan fingerprint density at radius 1 is 1.11 bits per heavy atom. The minimum absolute atomic E-state index is 0.0503. The molecule has 2 N–H and O–H groups in total. The lowest BCUT2D eigenvalue weighted by atomic mass is 9.50. The van der Waals surface area contributed by atoms with Gasteiger partial charge < -0.3 is 10.4 Å². The molecule has 28 heavy (non-hydrogen) atoms. The number of carbonyl (C=O) groups excluding carboxylic acids is 1. The SMILES string of the molecule is Cc1cc(C)c(NC(=O)[C@H]2CCCN2C23C[C@H]4C[C@@H](CC(O)(C4)C2)C3)c(C)c1. The van der Waals surface area contributed by atoms with Gasteiger partial charge in [0.1, 0.15) is 0 Å². The molecule has 152 valence electrons. The molecule has 1 amide bonds. The molecule has 4 aliphatic carbocycles. The van der Waals surface area contributed by atoms with Crippen LogP contribution in [0.4, 0.5) is 5.69 Å². The van der Waals surface area contributed by atoms with Gasteiger partial charge in [-0.25, -0.2) is 0 Å². The first-order valence-electron chi connectivity index (χ1n) is 11.1. The number of carbonyl (C=O) groups is 1. The number of hydrogen-bond donors (Lipinski definition) is 2. The average molecular weight is 383 g/mol.